The Kier molecular flexibility index (Phi) is 6.59. The van der Waals surface area contributed by atoms with E-state index >= 15 is 4.39 Å². The number of ether oxygens (including phenoxy) is 1. The summed E-state index contributed by atoms with van der Waals surface area (Å²) in [6.07, 6.45) is 6.14. The van der Waals surface area contributed by atoms with Crippen molar-refractivity contribution in [1.29, 1.82) is 0 Å². The van der Waals surface area contributed by atoms with Crippen molar-refractivity contribution in [2.45, 2.75) is 59.0 Å². The lowest BCUT2D eigenvalue weighted by molar-refractivity contribution is -0.127. The Bertz CT molecular complexity index is 1580. The Morgan fingerprint density at radius 3 is 2.80 bits per heavy atom. The fourth-order valence-electron chi connectivity index (χ4n) is 6.65. The quantitative estimate of drug-likeness (QED) is 0.452. The van der Waals surface area contributed by atoms with Gasteiger partial charge in [-0.2, -0.15) is 0 Å². The summed E-state index contributed by atoms with van der Waals surface area (Å²) in [6, 6.07) is 4.64. The van der Waals surface area contributed by atoms with Crippen LogP contribution >= 0.6 is 0 Å². The number of hydrogen-bond acceptors (Lipinski definition) is 6. The molecule has 2 aromatic heterocycles. The van der Waals surface area contributed by atoms with E-state index in [1.165, 1.54) is 35.8 Å². The molecule has 3 aromatic rings. The number of likely N-dealkylation sites (tertiary alicyclic amines) is 1. The molecule has 41 heavy (non-hydrogen) atoms. The van der Waals surface area contributed by atoms with Crippen molar-refractivity contribution in [2.75, 3.05) is 30.3 Å². The van der Waals surface area contributed by atoms with Crippen LogP contribution in [-0.2, 0) is 24.2 Å². The molecule has 1 aliphatic carbocycles. The SMILES string of the molecule is C=CC(=O)N1CCC[C@H]1COc1c(N)ncnc1-c1cc(F)cc(N2CCn3c(cc4c3CC(C)(C)C4)C2=O)c1C. The van der Waals surface area contributed by atoms with Crippen LogP contribution in [0.25, 0.3) is 11.3 Å². The monoisotopic (exact) mass is 558 g/mol. The van der Waals surface area contributed by atoms with Crippen molar-refractivity contribution < 1.29 is 18.7 Å². The summed E-state index contributed by atoms with van der Waals surface area (Å²) in [6.45, 7) is 11.8. The third-order valence-corrected chi connectivity index (χ3v) is 8.60. The van der Waals surface area contributed by atoms with E-state index in [9.17, 15) is 9.59 Å². The highest BCUT2D eigenvalue weighted by atomic mass is 19.1. The number of anilines is 2. The van der Waals surface area contributed by atoms with Crippen LogP contribution in [0.4, 0.5) is 15.9 Å². The fraction of sp³-hybridized carbons (Fsp3) is 0.419. The van der Waals surface area contributed by atoms with E-state index in [0.29, 0.717) is 47.8 Å². The Hall–Kier alpha value is -4.21. The van der Waals surface area contributed by atoms with Gasteiger partial charge in [-0.3, -0.25) is 9.59 Å². The molecule has 0 radical (unpaired) electrons. The van der Waals surface area contributed by atoms with Gasteiger partial charge in [-0.25, -0.2) is 14.4 Å². The lowest BCUT2D eigenvalue weighted by Gasteiger charge is -2.31. The molecule has 3 aliphatic rings. The Morgan fingerprint density at radius 1 is 1.22 bits per heavy atom. The molecular formula is C31H35FN6O3. The maximum Gasteiger partial charge on any atom is 0.274 e. The van der Waals surface area contributed by atoms with Crippen LogP contribution in [-0.4, -0.2) is 57.0 Å². The first kappa shape index (κ1) is 27.0. The summed E-state index contributed by atoms with van der Waals surface area (Å²) >= 11 is 0. The Labute approximate surface area is 238 Å². The van der Waals surface area contributed by atoms with E-state index < -0.39 is 5.82 Å². The first-order valence-electron chi connectivity index (χ1n) is 14.1. The van der Waals surface area contributed by atoms with Crippen molar-refractivity contribution in [2.24, 2.45) is 5.41 Å². The molecule has 4 heterocycles. The number of nitrogen functional groups attached to an aromatic ring is 1. The second kappa shape index (κ2) is 10.0. The summed E-state index contributed by atoms with van der Waals surface area (Å²) < 4.78 is 23.5. The predicted octanol–water partition coefficient (Wildman–Crippen LogP) is 4.32. The molecule has 0 saturated carbocycles. The number of nitrogens with two attached hydrogens (primary N) is 1. The largest absolute Gasteiger partial charge is 0.485 e. The van der Waals surface area contributed by atoms with Gasteiger partial charge < -0.3 is 24.8 Å². The zero-order chi connectivity index (χ0) is 29.1. The average molecular weight is 559 g/mol. The molecule has 2 N–H and O–H groups in total. The highest BCUT2D eigenvalue weighted by Gasteiger charge is 2.37. The van der Waals surface area contributed by atoms with Gasteiger partial charge in [0.2, 0.25) is 5.91 Å². The van der Waals surface area contributed by atoms with Crippen molar-refractivity contribution in [3.8, 4) is 17.0 Å². The molecule has 0 bridgehead atoms. The van der Waals surface area contributed by atoms with Crippen LogP contribution in [0, 0.1) is 18.2 Å². The molecule has 0 spiro atoms. The van der Waals surface area contributed by atoms with E-state index in [1.807, 2.05) is 13.0 Å². The van der Waals surface area contributed by atoms with Gasteiger partial charge in [-0.05, 0) is 73.4 Å². The molecule has 6 rings (SSSR count). The third kappa shape index (κ3) is 4.65. The number of benzene rings is 1. The number of carbonyl (C=O) groups is 2. The van der Waals surface area contributed by atoms with Crippen LogP contribution < -0.4 is 15.4 Å². The molecule has 2 aliphatic heterocycles. The minimum absolute atomic E-state index is 0.115. The summed E-state index contributed by atoms with van der Waals surface area (Å²) in [7, 11) is 0. The number of carbonyl (C=O) groups excluding carboxylic acids is 2. The van der Waals surface area contributed by atoms with E-state index in [0.717, 1.165) is 25.7 Å². The summed E-state index contributed by atoms with van der Waals surface area (Å²) in [4.78, 5) is 37.9. The van der Waals surface area contributed by atoms with Gasteiger partial charge in [0.25, 0.3) is 5.91 Å². The van der Waals surface area contributed by atoms with Crippen molar-refractivity contribution in [3.63, 3.8) is 0 Å². The molecule has 1 fully saturated rings. The maximum atomic E-state index is 15.2. The van der Waals surface area contributed by atoms with E-state index in [1.54, 1.807) is 9.80 Å². The van der Waals surface area contributed by atoms with Crippen LogP contribution in [0.1, 0.15) is 54.0 Å². The molecule has 1 saturated heterocycles. The highest BCUT2D eigenvalue weighted by molar-refractivity contribution is 6.07. The zero-order valence-electron chi connectivity index (χ0n) is 23.7. The lowest BCUT2D eigenvalue weighted by atomic mass is 9.90. The minimum atomic E-state index is -0.500. The van der Waals surface area contributed by atoms with Crippen LogP contribution in [0.5, 0.6) is 5.75 Å². The van der Waals surface area contributed by atoms with Crippen molar-refractivity contribution in [3.05, 3.63) is 65.5 Å². The third-order valence-electron chi connectivity index (χ3n) is 8.60. The minimum Gasteiger partial charge on any atom is -0.485 e. The summed E-state index contributed by atoms with van der Waals surface area (Å²) in [5.41, 5.74) is 11.5. The molecule has 9 nitrogen and oxygen atoms in total. The van der Waals surface area contributed by atoms with Gasteiger partial charge in [-0.1, -0.05) is 20.4 Å². The maximum absolute atomic E-state index is 15.2. The lowest BCUT2D eigenvalue weighted by Crippen LogP contribution is -2.41. The number of nitrogens with zero attached hydrogens (tertiary/aromatic N) is 5. The number of fused-ring (bicyclic) bond motifs is 3. The first-order valence-corrected chi connectivity index (χ1v) is 14.1. The second-order valence-corrected chi connectivity index (χ2v) is 12.0. The van der Waals surface area contributed by atoms with Crippen LogP contribution in [0.15, 0.2) is 37.2 Å². The van der Waals surface area contributed by atoms with Crippen molar-refractivity contribution >= 4 is 23.3 Å². The van der Waals surface area contributed by atoms with Gasteiger partial charge in [0.05, 0.1) is 11.7 Å². The van der Waals surface area contributed by atoms with Gasteiger partial charge in [0, 0.05) is 30.9 Å². The van der Waals surface area contributed by atoms with Gasteiger partial charge in [-0.15, -0.1) is 0 Å². The highest BCUT2D eigenvalue weighted by Crippen LogP contribution is 2.41. The number of hydrogen-bond donors (Lipinski definition) is 1. The summed E-state index contributed by atoms with van der Waals surface area (Å²) in [5.74, 6) is -0.451. The number of amides is 2. The normalized spacial score (nSPS) is 19.3. The smallest absolute Gasteiger partial charge is 0.274 e. The van der Waals surface area contributed by atoms with E-state index in [-0.39, 0.29) is 41.4 Å². The molecule has 214 valence electrons. The number of aromatic nitrogens is 3. The van der Waals surface area contributed by atoms with Crippen molar-refractivity contribution in [1.82, 2.24) is 19.4 Å². The Balaban J connectivity index is 1.32. The second-order valence-electron chi connectivity index (χ2n) is 12.0. The number of halogens is 1. The van der Waals surface area contributed by atoms with Crippen LogP contribution in [0.2, 0.25) is 0 Å². The molecule has 10 heteroatoms. The topological polar surface area (TPSA) is 107 Å². The van der Waals surface area contributed by atoms with Gasteiger partial charge in [0.15, 0.2) is 11.6 Å². The molecule has 1 aromatic carbocycles. The standard InChI is InChI=1S/C31H35FN6O3/c1-5-26(39)36-8-6-7-21(36)16-41-28-27(34-17-35-29(28)33)22-12-20(32)13-23(18(22)2)38-10-9-37-24(30(38)40)11-19-14-31(3,4)15-25(19)37/h5,11-13,17,21H,1,6-10,14-16H2,2-4H3,(H2,33,34,35)/t21-/m0/s1. The Morgan fingerprint density at radius 2 is 2.02 bits per heavy atom. The predicted molar refractivity (Wildman–Crippen MR) is 154 cm³/mol. The van der Waals surface area contributed by atoms with Gasteiger partial charge in [0.1, 0.15) is 30.1 Å². The zero-order valence-corrected chi connectivity index (χ0v) is 23.7. The molecule has 2 amide bonds. The molecule has 0 unspecified atom stereocenters. The molecular weight excluding hydrogens is 523 g/mol. The van der Waals surface area contributed by atoms with E-state index in [2.05, 4.69) is 35.0 Å². The number of rotatable bonds is 6. The van der Waals surface area contributed by atoms with E-state index in [4.69, 9.17) is 10.5 Å². The fourth-order valence-corrected chi connectivity index (χ4v) is 6.65. The summed E-state index contributed by atoms with van der Waals surface area (Å²) in [5, 5.41) is 0. The first-order chi connectivity index (χ1) is 19.6. The van der Waals surface area contributed by atoms with Gasteiger partial charge >= 0.3 is 0 Å². The molecule has 1 atom stereocenters. The average Bonchev–Trinajstić information content (AvgIpc) is 3.61. The van der Waals surface area contributed by atoms with Crippen LogP contribution in [0.3, 0.4) is 0 Å².